The first-order chi connectivity index (χ1) is 20.1. The van der Waals surface area contributed by atoms with Crippen LogP contribution in [0, 0.1) is 6.92 Å². The number of anilines is 2. The van der Waals surface area contributed by atoms with E-state index in [9.17, 15) is 4.79 Å². The number of carbonyl (C=O) groups is 1. The molecule has 0 bridgehead atoms. The molecule has 4 aromatic carbocycles. The molecule has 0 saturated carbocycles. The lowest BCUT2D eigenvalue weighted by Gasteiger charge is -2.39. The second kappa shape index (κ2) is 11.5. The Hall–Kier alpha value is -4.64. The number of hydrogen-bond acceptors (Lipinski definition) is 3. The van der Waals surface area contributed by atoms with E-state index in [0.29, 0.717) is 5.92 Å². The normalized spacial score (nSPS) is 14.1. The van der Waals surface area contributed by atoms with E-state index in [4.69, 9.17) is 4.98 Å². The molecule has 2 heterocycles. The zero-order valence-electron chi connectivity index (χ0n) is 23.7. The third-order valence-electron chi connectivity index (χ3n) is 8.42. The van der Waals surface area contributed by atoms with Crippen LogP contribution in [-0.4, -0.2) is 28.5 Å². The molecule has 1 N–H and O–H groups in total. The maximum atomic E-state index is 11.8. The Kier molecular flexibility index (Phi) is 7.43. The van der Waals surface area contributed by atoms with Crippen molar-refractivity contribution < 1.29 is 4.79 Å². The Morgan fingerprint density at radius 3 is 1.76 bits per heavy atom. The SMILES string of the molecule is CC(=O)Nc1ccccc1N1CCC(c2ncn(C(c3ccccc3)(c3ccccc3)c3ccccc3)c2C)CC1. The Balaban J connectivity index is 1.38. The van der Waals surface area contributed by atoms with E-state index in [0.717, 1.165) is 37.3 Å². The van der Waals surface area contributed by atoms with Crippen molar-refractivity contribution in [3.05, 3.63) is 150 Å². The van der Waals surface area contributed by atoms with E-state index < -0.39 is 5.54 Å². The van der Waals surface area contributed by atoms with Gasteiger partial charge in [-0.3, -0.25) is 4.79 Å². The summed E-state index contributed by atoms with van der Waals surface area (Å²) < 4.78 is 2.39. The van der Waals surface area contributed by atoms with E-state index in [-0.39, 0.29) is 5.91 Å². The van der Waals surface area contributed by atoms with Gasteiger partial charge in [-0.2, -0.15) is 0 Å². The van der Waals surface area contributed by atoms with E-state index >= 15 is 0 Å². The van der Waals surface area contributed by atoms with E-state index in [2.05, 4.69) is 125 Å². The van der Waals surface area contributed by atoms with Gasteiger partial charge in [-0.15, -0.1) is 0 Å². The van der Waals surface area contributed by atoms with Gasteiger partial charge in [0.05, 0.1) is 23.4 Å². The Labute approximate surface area is 242 Å². The molecule has 0 aliphatic carbocycles. The summed E-state index contributed by atoms with van der Waals surface area (Å²) in [6.07, 6.45) is 4.05. The summed E-state index contributed by atoms with van der Waals surface area (Å²) in [4.78, 5) is 19.3. The number of imidazole rings is 1. The molecule has 5 heteroatoms. The molecular weight excluding hydrogens is 504 g/mol. The maximum absolute atomic E-state index is 11.8. The van der Waals surface area contributed by atoms with E-state index in [1.807, 2.05) is 18.2 Å². The quantitative estimate of drug-likeness (QED) is 0.219. The zero-order chi connectivity index (χ0) is 28.2. The highest BCUT2D eigenvalue weighted by Gasteiger charge is 2.40. The minimum Gasteiger partial charge on any atom is -0.370 e. The fraction of sp³-hybridized carbons (Fsp3) is 0.222. The number of amides is 1. The Bertz CT molecular complexity index is 1510. The molecule has 206 valence electrons. The number of piperidine rings is 1. The van der Waals surface area contributed by atoms with Crippen LogP contribution < -0.4 is 10.2 Å². The van der Waals surface area contributed by atoms with Crippen molar-refractivity contribution >= 4 is 17.3 Å². The molecule has 1 aliphatic rings. The molecule has 1 saturated heterocycles. The van der Waals surface area contributed by atoms with Gasteiger partial charge >= 0.3 is 0 Å². The van der Waals surface area contributed by atoms with Crippen LogP contribution in [0.15, 0.2) is 122 Å². The van der Waals surface area contributed by atoms with Crippen LogP contribution in [0.2, 0.25) is 0 Å². The number of benzene rings is 4. The van der Waals surface area contributed by atoms with E-state index in [1.54, 1.807) is 6.92 Å². The molecular formula is C36H36N4O. The summed E-state index contributed by atoms with van der Waals surface area (Å²) in [7, 11) is 0. The maximum Gasteiger partial charge on any atom is 0.221 e. The number of para-hydroxylation sites is 2. The molecule has 6 rings (SSSR count). The summed E-state index contributed by atoms with van der Waals surface area (Å²) in [5.41, 5.74) is 7.37. The molecule has 0 radical (unpaired) electrons. The van der Waals surface area contributed by atoms with Crippen LogP contribution in [0.25, 0.3) is 0 Å². The lowest BCUT2D eigenvalue weighted by molar-refractivity contribution is -0.114. The Morgan fingerprint density at radius 2 is 1.24 bits per heavy atom. The van der Waals surface area contributed by atoms with Crippen molar-refractivity contribution in [3.63, 3.8) is 0 Å². The second-order valence-corrected chi connectivity index (χ2v) is 10.9. The fourth-order valence-corrected chi connectivity index (χ4v) is 6.56. The average molecular weight is 541 g/mol. The number of rotatable bonds is 7. The van der Waals surface area contributed by atoms with Crippen LogP contribution in [0.3, 0.4) is 0 Å². The van der Waals surface area contributed by atoms with Gasteiger partial charge in [0.2, 0.25) is 5.91 Å². The molecule has 41 heavy (non-hydrogen) atoms. The molecule has 0 spiro atoms. The number of nitrogens with zero attached hydrogens (tertiary/aromatic N) is 3. The molecule has 1 amide bonds. The first-order valence-electron chi connectivity index (χ1n) is 14.4. The highest BCUT2D eigenvalue weighted by Crippen LogP contribution is 2.43. The highest BCUT2D eigenvalue weighted by molar-refractivity contribution is 5.92. The van der Waals surface area contributed by atoms with Gasteiger partial charge in [-0.05, 0) is 48.6 Å². The molecule has 1 aliphatic heterocycles. The smallest absolute Gasteiger partial charge is 0.221 e. The van der Waals surface area contributed by atoms with Crippen LogP contribution in [0.5, 0.6) is 0 Å². The monoisotopic (exact) mass is 540 g/mol. The molecule has 0 unspecified atom stereocenters. The van der Waals surface area contributed by atoms with E-state index in [1.165, 1.54) is 28.1 Å². The summed E-state index contributed by atoms with van der Waals surface area (Å²) >= 11 is 0. The zero-order valence-corrected chi connectivity index (χ0v) is 23.7. The molecule has 1 aromatic heterocycles. The topological polar surface area (TPSA) is 50.2 Å². The van der Waals surface area contributed by atoms with Crippen molar-refractivity contribution in [3.8, 4) is 0 Å². The lowest BCUT2D eigenvalue weighted by atomic mass is 9.76. The van der Waals surface area contributed by atoms with Crippen LogP contribution in [0.4, 0.5) is 11.4 Å². The summed E-state index contributed by atoms with van der Waals surface area (Å²) in [5.74, 6) is 0.313. The first kappa shape index (κ1) is 26.6. The van der Waals surface area contributed by atoms with Crippen molar-refractivity contribution in [2.45, 2.75) is 38.1 Å². The molecule has 5 nitrogen and oxygen atoms in total. The van der Waals surface area contributed by atoms with Gasteiger partial charge in [0.1, 0.15) is 5.54 Å². The van der Waals surface area contributed by atoms with Gasteiger partial charge < -0.3 is 14.8 Å². The third-order valence-corrected chi connectivity index (χ3v) is 8.42. The summed E-state index contributed by atoms with van der Waals surface area (Å²) in [6.45, 7) is 5.61. The van der Waals surface area contributed by atoms with Crippen LogP contribution in [0.1, 0.15) is 53.8 Å². The molecule has 0 atom stereocenters. The first-order valence-corrected chi connectivity index (χ1v) is 14.4. The predicted molar refractivity (Wildman–Crippen MR) is 167 cm³/mol. The summed E-state index contributed by atoms with van der Waals surface area (Å²) in [6, 6.07) is 40.4. The number of nitrogens with one attached hydrogen (secondary N) is 1. The van der Waals surface area contributed by atoms with Crippen molar-refractivity contribution in [1.82, 2.24) is 9.55 Å². The largest absolute Gasteiger partial charge is 0.370 e. The standard InChI is InChI=1S/C36H36N4O/c1-27-35(29-22-24-39(25-23-29)34-21-13-12-20-33(34)38-28(2)41)37-26-40(27)36(30-14-6-3-7-15-30,31-16-8-4-9-17-31)32-18-10-5-11-19-32/h3-21,26,29H,22-25H2,1-2H3,(H,38,41). The van der Waals surface area contributed by atoms with Crippen LogP contribution in [-0.2, 0) is 10.3 Å². The minimum atomic E-state index is -0.558. The van der Waals surface area contributed by atoms with Gasteiger partial charge in [-0.1, -0.05) is 103 Å². The highest BCUT2D eigenvalue weighted by atomic mass is 16.1. The van der Waals surface area contributed by atoms with Gasteiger partial charge in [0.15, 0.2) is 0 Å². The van der Waals surface area contributed by atoms with Gasteiger partial charge in [-0.25, -0.2) is 4.98 Å². The number of hydrogen-bond donors (Lipinski definition) is 1. The van der Waals surface area contributed by atoms with Gasteiger partial charge in [0, 0.05) is 31.6 Å². The van der Waals surface area contributed by atoms with Crippen molar-refractivity contribution in [1.29, 1.82) is 0 Å². The van der Waals surface area contributed by atoms with Crippen molar-refractivity contribution in [2.24, 2.45) is 0 Å². The average Bonchev–Trinajstić information content (AvgIpc) is 3.40. The lowest BCUT2D eigenvalue weighted by Crippen LogP contribution is -2.38. The summed E-state index contributed by atoms with van der Waals surface area (Å²) in [5, 5.41) is 2.99. The third kappa shape index (κ3) is 4.93. The number of aromatic nitrogens is 2. The fourth-order valence-electron chi connectivity index (χ4n) is 6.56. The van der Waals surface area contributed by atoms with Gasteiger partial charge in [0.25, 0.3) is 0 Å². The van der Waals surface area contributed by atoms with Crippen molar-refractivity contribution in [2.75, 3.05) is 23.3 Å². The number of carbonyl (C=O) groups excluding carboxylic acids is 1. The second-order valence-electron chi connectivity index (χ2n) is 10.9. The predicted octanol–water partition coefficient (Wildman–Crippen LogP) is 7.37. The molecule has 5 aromatic rings. The molecule has 1 fully saturated rings. The minimum absolute atomic E-state index is 0.0489. The van der Waals surface area contributed by atoms with Crippen LogP contribution >= 0.6 is 0 Å². The Morgan fingerprint density at radius 1 is 0.756 bits per heavy atom.